The molecule has 20 heavy (non-hydrogen) atoms. The maximum Gasteiger partial charge on any atom is 0.341 e. The van der Waals surface area contributed by atoms with E-state index in [9.17, 15) is 4.79 Å². The summed E-state index contributed by atoms with van der Waals surface area (Å²) in [6.45, 7) is 3.94. The molecule has 0 saturated heterocycles. The van der Waals surface area contributed by atoms with Crippen molar-refractivity contribution in [3.8, 4) is 0 Å². The lowest BCUT2D eigenvalue weighted by Crippen LogP contribution is -2.21. The maximum atomic E-state index is 11.8. The number of benzene rings is 1. The normalized spacial score (nSPS) is 18.4. The first-order valence-corrected chi connectivity index (χ1v) is 6.90. The molecule has 0 fully saturated rings. The van der Waals surface area contributed by atoms with Gasteiger partial charge in [-0.15, -0.1) is 0 Å². The maximum absolute atomic E-state index is 11.8. The fraction of sp³-hybridized carbons (Fsp3) is 0.353. The molecule has 0 spiro atoms. The molecule has 1 aliphatic rings. The molecule has 106 valence electrons. The third-order valence-corrected chi connectivity index (χ3v) is 3.41. The van der Waals surface area contributed by atoms with E-state index in [0.717, 1.165) is 24.0 Å². The van der Waals surface area contributed by atoms with E-state index in [4.69, 9.17) is 9.47 Å². The minimum Gasteiger partial charge on any atom is -0.489 e. The number of rotatable bonds is 4. The predicted molar refractivity (Wildman–Crippen MR) is 78.9 cm³/mol. The number of allylic oxidation sites excluding steroid dienone is 1. The zero-order valence-corrected chi connectivity index (χ0v) is 12.2. The minimum absolute atomic E-state index is 0.00388. The lowest BCUT2D eigenvalue weighted by Gasteiger charge is -2.27. The summed E-state index contributed by atoms with van der Waals surface area (Å²) in [5.74, 6) is 0.279. The van der Waals surface area contributed by atoms with Crippen LogP contribution in [0.2, 0.25) is 0 Å². The van der Waals surface area contributed by atoms with Crippen molar-refractivity contribution >= 4 is 11.5 Å². The van der Waals surface area contributed by atoms with Gasteiger partial charge < -0.3 is 9.47 Å². The smallest absolute Gasteiger partial charge is 0.341 e. The molecule has 2 rings (SSSR count). The Kier molecular flexibility index (Phi) is 4.61. The molecule has 1 aromatic rings. The van der Waals surface area contributed by atoms with E-state index in [1.807, 2.05) is 43.3 Å². The van der Waals surface area contributed by atoms with Gasteiger partial charge in [0.05, 0.1) is 12.7 Å². The standard InChI is InChI=1S/C17H20O3/c1-4-8-16-15(13-9-6-5-7-10-13)11-14(12(2)20-16)17(18)19-3/h5-7,9-11,16H,4,8H2,1-3H3. The SMILES string of the molecule is CCCC1OC(C)=C(C(=O)OC)C=C1c1ccccc1. The number of hydrogen-bond acceptors (Lipinski definition) is 3. The van der Waals surface area contributed by atoms with Gasteiger partial charge in [0.25, 0.3) is 0 Å². The lowest BCUT2D eigenvalue weighted by molar-refractivity contribution is -0.136. The van der Waals surface area contributed by atoms with E-state index in [1.165, 1.54) is 7.11 Å². The Bertz CT molecular complexity index is 541. The fourth-order valence-electron chi connectivity index (χ4n) is 2.38. The van der Waals surface area contributed by atoms with Crippen LogP contribution in [0.3, 0.4) is 0 Å². The Hall–Kier alpha value is -2.03. The van der Waals surface area contributed by atoms with Gasteiger partial charge in [0.2, 0.25) is 0 Å². The van der Waals surface area contributed by atoms with Crippen LogP contribution in [0, 0.1) is 0 Å². The van der Waals surface area contributed by atoms with Crippen molar-refractivity contribution in [2.75, 3.05) is 7.11 Å². The van der Waals surface area contributed by atoms with E-state index < -0.39 is 0 Å². The van der Waals surface area contributed by atoms with E-state index in [-0.39, 0.29) is 12.1 Å². The topological polar surface area (TPSA) is 35.5 Å². The van der Waals surface area contributed by atoms with E-state index in [2.05, 4.69) is 6.92 Å². The van der Waals surface area contributed by atoms with Crippen molar-refractivity contribution in [3.05, 3.63) is 53.3 Å². The lowest BCUT2D eigenvalue weighted by atomic mass is 9.93. The minimum atomic E-state index is -0.356. The first-order valence-electron chi connectivity index (χ1n) is 6.90. The van der Waals surface area contributed by atoms with Crippen LogP contribution in [0.5, 0.6) is 0 Å². The van der Waals surface area contributed by atoms with Crippen LogP contribution in [0.15, 0.2) is 47.7 Å². The highest BCUT2D eigenvalue weighted by Gasteiger charge is 2.26. The molecule has 3 heteroatoms. The Morgan fingerprint density at radius 1 is 1.30 bits per heavy atom. The van der Waals surface area contributed by atoms with Gasteiger partial charge >= 0.3 is 5.97 Å². The third kappa shape index (κ3) is 2.93. The number of methoxy groups -OCH3 is 1. The summed E-state index contributed by atoms with van der Waals surface area (Å²) in [4.78, 5) is 11.8. The van der Waals surface area contributed by atoms with Gasteiger partial charge in [-0.3, -0.25) is 0 Å². The number of esters is 1. The molecule has 1 atom stereocenters. The molecule has 0 aromatic heterocycles. The van der Waals surface area contributed by atoms with Crippen LogP contribution in [-0.2, 0) is 14.3 Å². The summed E-state index contributed by atoms with van der Waals surface area (Å²) >= 11 is 0. The molecule has 1 aliphatic heterocycles. The summed E-state index contributed by atoms with van der Waals surface area (Å²) in [6.07, 6.45) is 3.85. The van der Waals surface area contributed by atoms with Crippen LogP contribution in [-0.4, -0.2) is 19.2 Å². The van der Waals surface area contributed by atoms with Crippen LogP contribution in [0.1, 0.15) is 32.3 Å². The number of carbonyl (C=O) groups excluding carboxylic acids is 1. The molecular weight excluding hydrogens is 252 g/mol. The quantitative estimate of drug-likeness (QED) is 0.784. The van der Waals surface area contributed by atoms with Crippen molar-refractivity contribution in [2.45, 2.75) is 32.8 Å². The number of carbonyl (C=O) groups is 1. The monoisotopic (exact) mass is 272 g/mol. The summed E-state index contributed by atoms with van der Waals surface area (Å²) in [7, 11) is 1.39. The second-order valence-electron chi connectivity index (χ2n) is 4.82. The zero-order valence-electron chi connectivity index (χ0n) is 12.2. The first kappa shape index (κ1) is 14.4. The van der Waals surface area contributed by atoms with Crippen LogP contribution < -0.4 is 0 Å². The first-order chi connectivity index (χ1) is 9.67. The van der Waals surface area contributed by atoms with Crippen LogP contribution in [0.25, 0.3) is 5.57 Å². The van der Waals surface area contributed by atoms with Crippen molar-refractivity contribution in [2.24, 2.45) is 0 Å². The predicted octanol–water partition coefficient (Wildman–Crippen LogP) is 3.72. The Morgan fingerprint density at radius 2 is 2.00 bits per heavy atom. The van der Waals surface area contributed by atoms with Crippen LogP contribution >= 0.6 is 0 Å². The zero-order chi connectivity index (χ0) is 14.5. The summed E-state index contributed by atoms with van der Waals surface area (Å²) in [6, 6.07) is 10.0. The molecule has 0 amide bonds. The Labute approximate surface area is 119 Å². The molecule has 1 aromatic carbocycles. The van der Waals surface area contributed by atoms with Crippen molar-refractivity contribution in [3.63, 3.8) is 0 Å². The molecule has 0 saturated carbocycles. The third-order valence-electron chi connectivity index (χ3n) is 3.41. The summed E-state index contributed by atoms with van der Waals surface area (Å²) in [5, 5.41) is 0. The van der Waals surface area contributed by atoms with Gasteiger partial charge in [-0.05, 0) is 25.0 Å². The molecule has 0 aliphatic carbocycles. The summed E-state index contributed by atoms with van der Waals surface area (Å²) < 4.78 is 10.8. The van der Waals surface area contributed by atoms with Crippen molar-refractivity contribution in [1.82, 2.24) is 0 Å². The second kappa shape index (κ2) is 6.42. The van der Waals surface area contributed by atoms with Crippen molar-refractivity contribution in [1.29, 1.82) is 0 Å². The molecule has 1 heterocycles. The van der Waals surface area contributed by atoms with Gasteiger partial charge in [0.1, 0.15) is 11.9 Å². The molecule has 0 N–H and O–H groups in total. The van der Waals surface area contributed by atoms with E-state index in [0.29, 0.717) is 11.3 Å². The van der Waals surface area contributed by atoms with E-state index >= 15 is 0 Å². The fourth-order valence-corrected chi connectivity index (χ4v) is 2.38. The Morgan fingerprint density at radius 3 is 2.60 bits per heavy atom. The number of ether oxygens (including phenoxy) is 2. The highest BCUT2D eigenvalue weighted by Crippen LogP contribution is 2.32. The highest BCUT2D eigenvalue weighted by molar-refractivity contribution is 5.95. The summed E-state index contributed by atoms with van der Waals surface area (Å²) in [5.41, 5.74) is 2.62. The molecule has 1 unspecified atom stereocenters. The van der Waals surface area contributed by atoms with Crippen LogP contribution in [0.4, 0.5) is 0 Å². The average Bonchev–Trinajstić information content (AvgIpc) is 2.48. The largest absolute Gasteiger partial charge is 0.489 e. The van der Waals surface area contributed by atoms with Gasteiger partial charge in [-0.1, -0.05) is 43.7 Å². The molecule has 0 radical (unpaired) electrons. The average molecular weight is 272 g/mol. The van der Waals surface area contributed by atoms with Gasteiger partial charge in [-0.25, -0.2) is 4.79 Å². The van der Waals surface area contributed by atoms with Crippen molar-refractivity contribution < 1.29 is 14.3 Å². The second-order valence-corrected chi connectivity index (χ2v) is 4.82. The highest BCUT2D eigenvalue weighted by atomic mass is 16.5. The molecule has 3 nitrogen and oxygen atoms in total. The van der Waals surface area contributed by atoms with Gasteiger partial charge in [0.15, 0.2) is 0 Å². The van der Waals surface area contributed by atoms with Gasteiger partial charge in [-0.2, -0.15) is 0 Å². The molecular formula is C17H20O3. The molecule has 0 bridgehead atoms. The Balaban J connectivity index is 2.43. The number of hydrogen-bond donors (Lipinski definition) is 0. The van der Waals surface area contributed by atoms with E-state index in [1.54, 1.807) is 0 Å². The van der Waals surface area contributed by atoms with Gasteiger partial charge in [0, 0.05) is 5.57 Å².